The molecule has 7 nitrogen and oxygen atoms in total. The van der Waals surface area contributed by atoms with Crippen LogP contribution in [-0.4, -0.2) is 46.5 Å². The van der Waals surface area contributed by atoms with Crippen LogP contribution in [0.4, 0.5) is 5.69 Å². The van der Waals surface area contributed by atoms with Crippen molar-refractivity contribution in [3.63, 3.8) is 0 Å². The molecule has 0 aliphatic carbocycles. The van der Waals surface area contributed by atoms with E-state index in [2.05, 4.69) is 20.3 Å². The Labute approximate surface area is 172 Å². The first kappa shape index (κ1) is 18.8. The lowest BCUT2D eigenvalue weighted by Gasteiger charge is -2.33. The minimum atomic E-state index is -0.242. The Kier molecular flexibility index (Phi) is 4.81. The molecule has 0 spiro atoms. The van der Waals surface area contributed by atoms with E-state index in [-0.39, 0.29) is 17.8 Å². The molecule has 0 unspecified atom stereocenters. The van der Waals surface area contributed by atoms with Crippen molar-refractivity contribution in [1.29, 1.82) is 0 Å². The number of carbonyl (C=O) groups excluding carboxylic acids is 1. The van der Waals surface area contributed by atoms with Crippen LogP contribution in [0.3, 0.4) is 0 Å². The third-order valence-corrected chi connectivity index (χ3v) is 5.95. The molecule has 0 bridgehead atoms. The lowest BCUT2D eigenvalue weighted by Crippen LogP contribution is -2.39. The largest absolute Gasteiger partial charge is 0.479 e. The molecule has 2 N–H and O–H groups in total. The molecule has 1 aliphatic heterocycles. The summed E-state index contributed by atoms with van der Waals surface area (Å²) in [6.07, 6.45) is 2.23. The number of H-pyrrole nitrogens is 1. The highest BCUT2D eigenvalue weighted by atomic mass is 35.5. The van der Waals surface area contributed by atoms with Crippen LogP contribution < -0.4 is 10.1 Å². The molecule has 146 valence electrons. The number of nitrogens with one attached hydrogen (secondary N) is 2. The maximum Gasteiger partial charge on any atom is 0.292 e. The number of rotatable bonds is 3. The number of ether oxygens (including phenoxy) is 1. The first-order valence-electron chi connectivity index (χ1n) is 8.84. The van der Waals surface area contributed by atoms with E-state index in [4.69, 9.17) is 27.9 Å². The van der Waals surface area contributed by atoms with Crippen LogP contribution in [0.1, 0.15) is 34.8 Å². The molecular weight excluding hydrogens is 401 g/mol. The van der Waals surface area contributed by atoms with E-state index in [0.29, 0.717) is 34.6 Å². The number of nitrogens with zero attached hydrogens (tertiary/aromatic N) is 3. The normalized spacial score (nSPS) is 16.2. The molecule has 1 aromatic carbocycles. The zero-order chi connectivity index (χ0) is 20.0. The van der Waals surface area contributed by atoms with Gasteiger partial charge in [0.05, 0.1) is 34.9 Å². The maximum atomic E-state index is 13.1. The second kappa shape index (κ2) is 7.14. The molecule has 3 aromatic rings. The van der Waals surface area contributed by atoms with Crippen molar-refractivity contribution >= 4 is 45.7 Å². The van der Waals surface area contributed by atoms with Crippen LogP contribution in [0.15, 0.2) is 18.3 Å². The smallest absolute Gasteiger partial charge is 0.292 e. The van der Waals surface area contributed by atoms with E-state index >= 15 is 0 Å². The van der Waals surface area contributed by atoms with Crippen molar-refractivity contribution in [3.05, 3.63) is 45.5 Å². The second-order valence-corrected chi connectivity index (χ2v) is 7.38. The van der Waals surface area contributed by atoms with Crippen LogP contribution >= 0.6 is 23.2 Å². The van der Waals surface area contributed by atoms with E-state index in [1.165, 1.54) is 7.11 Å². The lowest BCUT2D eigenvalue weighted by atomic mass is 9.97. The number of carbonyl (C=O) groups is 1. The summed E-state index contributed by atoms with van der Waals surface area (Å²) in [5, 5.41) is 4.90. The molecule has 28 heavy (non-hydrogen) atoms. The van der Waals surface area contributed by atoms with Gasteiger partial charge in [0.15, 0.2) is 0 Å². The van der Waals surface area contributed by atoms with Crippen LogP contribution in [-0.2, 0) is 6.42 Å². The third-order valence-electron chi connectivity index (χ3n) is 5.14. The van der Waals surface area contributed by atoms with Gasteiger partial charge in [-0.15, -0.1) is 0 Å². The van der Waals surface area contributed by atoms with Crippen molar-refractivity contribution in [3.8, 4) is 5.88 Å². The van der Waals surface area contributed by atoms with Gasteiger partial charge in [-0.1, -0.05) is 29.3 Å². The van der Waals surface area contributed by atoms with Crippen molar-refractivity contribution in [1.82, 2.24) is 19.9 Å². The number of fused-ring (bicyclic) bond motifs is 3. The number of aromatic nitrogens is 3. The average molecular weight is 420 g/mol. The van der Waals surface area contributed by atoms with Crippen molar-refractivity contribution < 1.29 is 9.53 Å². The third kappa shape index (κ3) is 2.86. The molecule has 9 heteroatoms. The molecule has 3 heterocycles. The Bertz CT molecular complexity index is 1080. The molecule has 0 fully saturated rings. The van der Waals surface area contributed by atoms with Crippen LogP contribution in [0.25, 0.3) is 10.9 Å². The van der Waals surface area contributed by atoms with Crippen molar-refractivity contribution in [2.75, 3.05) is 26.0 Å². The van der Waals surface area contributed by atoms with Gasteiger partial charge < -0.3 is 19.9 Å². The van der Waals surface area contributed by atoms with Crippen molar-refractivity contribution in [2.24, 2.45) is 0 Å². The fourth-order valence-electron chi connectivity index (χ4n) is 3.74. The Hall–Kier alpha value is -2.51. The van der Waals surface area contributed by atoms with Crippen molar-refractivity contribution in [2.45, 2.75) is 19.4 Å². The number of benzene rings is 1. The first-order chi connectivity index (χ1) is 13.5. The highest BCUT2D eigenvalue weighted by Gasteiger charge is 2.33. The topological polar surface area (TPSA) is 83.1 Å². The van der Waals surface area contributed by atoms with Crippen LogP contribution in [0, 0.1) is 0 Å². The van der Waals surface area contributed by atoms with Gasteiger partial charge in [0.1, 0.15) is 5.69 Å². The predicted molar refractivity (Wildman–Crippen MR) is 110 cm³/mol. The fraction of sp³-hybridized carbons (Fsp3) is 0.316. The highest BCUT2D eigenvalue weighted by Crippen LogP contribution is 2.40. The Morgan fingerprint density at radius 2 is 2.18 bits per heavy atom. The number of anilines is 1. The summed E-state index contributed by atoms with van der Waals surface area (Å²) < 4.78 is 5.25. The lowest BCUT2D eigenvalue weighted by molar-refractivity contribution is 0.0664. The highest BCUT2D eigenvalue weighted by molar-refractivity contribution is 6.45. The molecule has 1 atom stereocenters. The fourth-order valence-corrected chi connectivity index (χ4v) is 4.11. The molecule has 0 saturated heterocycles. The quantitative estimate of drug-likeness (QED) is 0.668. The molecule has 4 rings (SSSR count). The summed E-state index contributed by atoms with van der Waals surface area (Å²) in [6, 6.07) is 3.55. The minimum Gasteiger partial charge on any atom is -0.479 e. The molecule has 1 aliphatic rings. The first-order valence-corrected chi connectivity index (χ1v) is 9.60. The van der Waals surface area contributed by atoms with Gasteiger partial charge in [0.2, 0.25) is 11.7 Å². The predicted octanol–water partition coefficient (Wildman–Crippen LogP) is 4.07. The number of halogens is 2. The van der Waals surface area contributed by atoms with Gasteiger partial charge in [-0.3, -0.25) is 4.79 Å². The minimum absolute atomic E-state index is 0.104. The van der Waals surface area contributed by atoms with Gasteiger partial charge in [-0.25, -0.2) is 4.98 Å². The molecular formula is C19H19Cl2N5O2. The maximum absolute atomic E-state index is 13.1. The standard InChI is InChI=1S/C19H19Cl2N5O2/c1-9-14-10-4-5-11(20)15(21)16(10)24-12(14)6-7-26(9)19(27)17-23-8-13(22-2)18(25-17)28-3/h4-5,8-9,22,24H,6-7H2,1-3H3/t9-/m1/s1. The van der Waals surface area contributed by atoms with Crippen LogP contribution in [0.5, 0.6) is 5.88 Å². The summed E-state index contributed by atoms with van der Waals surface area (Å²) in [5.74, 6) is 0.195. The van der Waals surface area contributed by atoms with Gasteiger partial charge in [-0.2, -0.15) is 4.98 Å². The number of hydrogen-bond donors (Lipinski definition) is 2. The summed E-state index contributed by atoms with van der Waals surface area (Å²) in [6.45, 7) is 2.54. The second-order valence-electron chi connectivity index (χ2n) is 6.59. The van der Waals surface area contributed by atoms with E-state index in [9.17, 15) is 4.79 Å². The zero-order valence-electron chi connectivity index (χ0n) is 15.6. The molecule has 0 saturated carbocycles. The average Bonchev–Trinajstić information content (AvgIpc) is 3.10. The van der Waals surface area contributed by atoms with E-state index < -0.39 is 0 Å². The van der Waals surface area contributed by atoms with E-state index in [1.54, 1.807) is 24.2 Å². The van der Waals surface area contributed by atoms with Gasteiger partial charge in [-0.05, 0) is 13.0 Å². The number of amides is 1. The SMILES string of the molecule is CNc1cnc(C(=O)N2CCc3[nH]c4c(Cl)c(Cl)ccc4c3[C@H]2C)nc1OC. The monoisotopic (exact) mass is 419 g/mol. The van der Waals surface area contributed by atoms with E-state index in [1.807, 2.05) is 13.0 Å². The van der Waals surface area contributed by atoms with Crippen LogP contribution in [0.2, 0.25) is 10.0 Å². The summed E-state index contributed by atoms with van der Waals surface area (Å²) in [4.78, 5) is 26.8. The number of hydrogen-bond acceptors (Lipinski definition) is 5. The Morgan fingerprint density at radius 3 is 2.89 bits per heavy atom. The van der Waals surface area contributed by atoms with Gasteiger partial charge in [0, 0.05) is 36.7 Å². The van der Waals surface area contributed by atoms with Gasteiger partial charge in [0.25, 0.3) is 5.91 Å². The Morgan fingerprint density at radius 1 is 1.39 bits per heavy atom. The summed E-state index contributed by atoms with van der Waals surface area (Å²) >= 11 is 12.5. The van der Waals surface area contributed by atoms with E-state index in [0.717, 1.165) is 22.2 Å². The molecule has 1 amide bonds. The number of methoxy groups -OCH3 is 1. The molecule has 2 aromatic heterocycles. The number of aromatic amines is 1. The summed E-state index contributed by atoms with van der Waals surface area (Å²) in [7, 11) is 3.25. The summed E-state index contributed by atoms with van der Waals surface area (Å²) in [5.41, 5.74) is 3.54. The Balaban J connectivity index is 1.72. The van der Waals surface area contributed by atoms with Gasteiger partial charge >= 0.3 is 0 Å². The zero-order valence-corrected chi connectivity index (χ0v) is 17.1. The molecule has 0 radical (unpaired) electrons.